The highest BCUT2D eigenvalue weighted by Gasteiger charge is 2.44. The molecule has 2 aliphatic heterocycles. The van der Waals surface area contributed by atoms with Gasteiger partial charge < -0.3 is 15.4 Å². The number of nitrogens with zero attached hydrogens (tertiary/aromatic N) is 1. The number of hydrogen-bond acceptors (Lipinski definition) is 3. The number of fused-ring (bicyclic) bond motifs is 1. The van der Waals surface area contributed by atoms with Crippen molar-refractivity contribution in [1.82, 2.24) is 0 Å². The van der Waals surface area contributed by atoms with Crippen LogP contribution >= 0.6 is 0 Å². The summed E-state index contributed by atoms with van der Waals surface area (Å²) in [5.41, 5.74) is 9.20. The van der Waals surface area contributed by atoms with Crippen LogP contribution in [0.4, 0.5) is 5.69 Å². The van der Waals surface area contributed by atoms with Crippen molar-refractivity contribution < 1.29 is 4.74 Å². The molecule has 2 aliphatic rings. The van der Waals surface area contributed by atoms with E-state index in [-0.39, 0.29) is 17.7 Å². The van der Waals surface area contributed by atoms with Crippen LogP contribution in [-0.2, 0) is 11.2 Å². The highest BCUT2D eigenvalue weighted by molar-refractivity contribution is 5.58. The van der Waals surface area contributed by atoms with Crippen LogP contribution in [0.1, 0.15) is 39.2 Å². The van der Waals surface area contributed by atoms with Crippen LogP contribution in [0.25, 0.3) is 0 Å². The Hall–Kier alpha value is -1.06. The largest absolute Gasteiger partial charge is 0.375 e. The number of benzene rings is 1. The predicted molar refractivity (Wildman–Crippen MR) is 87.7 cm³/mol. The van der Waals surface area contributed by atoms with E-state index in [4.69, 9.17) is 10.5 Å². The Bertz CT molecular complexity index is 492. The van der Waals surface area contributed by atoms with E-state index in [0.717, 1.165) is 19.4 Å². The maximum atomic E-state index is 6.30. The van der Waals surface area contributed by atoms with Crippen molar-refractivity contribution in [2.45, 2.75) is 57.8 Å². The molecule has 21 heavy (non-hydrogen) atoms. The number of rotatable bonds is 2. The molecule has 2 N–H and O–H groups in total. The third kappa shape index (κ3) is 2.69. The first-order valence-electron chi connectivity index (χ1n) is 8.25. The van der Waals surface area contributed by atoms with E-state index in [9.17, 15) is 0 Å². The van der Waals surface area contributed by atoms with Crippen molar-refractivity contribution in [3.05, 3.63) is 29.8 Å². The van der Waals surface area contributed by atoms with Crippen LogP contribution in [0.2, 0.25) is 0 Å². The van der Waals surface area contributed by atoms with Crippen molar-refractivity contribution >= 4 is 5.69 Å². The van der Waals surface area contributed by atoms with Crippen LogP contribution in [0.5, 0.6) is 0 Å². The van der Waals surface area contributed by atoms with Gasteiger partial charge in [0, 0.05) is 18.8 Å². The molecule has 1 saturated heterocycles. The molecule has 0 amide bonds. The topological polar surface area (TPSA) is 38.5 Å². The molecular weight excluding hydrogens is 260 g/mol. The molecule has 0 spiro atoms. The maximum absolute atomic E-state index is 6.30. The third-order valence-corrected chi connectivity index (χ3v) is 5.10. The Morgan fingerprint density at radius 2 is 1.86 bits per heavy atom. The summed E-state index contributed by atoms with van der Waals surface area (Å²) in [6.07, 6.45) is 3.78. The fraction of sp³-hybridized carbons (Fsp3) is 0.667. The van der Waals surface area contributed by atoms with Crippen LogP contribution < -0.4 is 10.6 Å². The summed E-state index contributed by atoms with van der Waals surface area (Å²) in [7, 11) is 0. The van der Waals surface area contributed by atoms with Gasteiger partial charge >= 0.3 is 0 Å². The Labute approximate surface area is 128 Å². The molecular formula is C18H28N2O. The molecule has 3 atom stereocenters. The molecule has 2 heterocycles. The number of nitrogens with two attached hydrogens (primary N) is 1. The zero-order valence-corrected chi connectivity index (χ0v) is 13.5. The summed E-state index contributed by atoms with van der Waals surface area (Å²) in [6, 6.07) is 8.84. The Kier molecular flexibility index (Phi) is 3.98. The van der Waals surface area contributed by atoms with Crippen molar-refractivity contribution in [1.29, 1.82) is 0 Å². The zero-order valence-electron chi connectivity index (χ0n) is 13.5. The summed E-state index contributed by atoms with van der Waals surface area (Å²) >= 11 is 0. The van der Waals surface area contributed by atoms with Crippen LogP contribution in [0, 0.1) is 5.92 Å². The van der Waals surface area contributed by atoms with E-state index >= 15 is 0 Å². The van der Waals surface area contributed by atoms with E-state index in [1.165, 1.54) is 17.7 Å². The summed E-state index contributed by atoms with van der Waals surface area (Å²) in [6.45, 7) is 8.51. The Balaban J connectivity index is 2.01. The molecule has 0 aliphatic carbocycles. The lowest BCUT2D eigenvalue weighted by molar-refractivity contribution is -0.0607. The lowest BCUT2D eigenvalue weighted by atomic mass is 9.79. The Morgan fingerprint density at radius 1 is 1.19 bits per heavy atom. The van der Waals surface area contributed by atoms with Gasteiger partial charge in [0.1, 0.15) is 0 Å². The molecule has 116 valence electrons. The first-order chi connectivity index (χ1) is 10.0. The molecule has 3 nitrogen and oxygen atoms in total. The summed E-state index contributed by atoms with van der Waals surface area (Å²) in [4.78, 5) is 2.60. The van der Waals surface area contributed by atoms with Gasteiger partial charge in [-0.1, -0.05) is 25.1 Å². The molecule has 0 bridgehead atoms. The van der Waals surface area contributed by atoms with Gasteiger partial charge in [0.2, 0.25) is 0 Å². The van der Waals surface area contributed by atoms with E-state index in [0.29, 0.717) is 12.5 Å². The first-order valence-corrected chi connectivity index (χ1v) is 8.25. The fourth-order valence-electron chi connectivity index (χ4n) is 4.39. The monoisotopic (exact) mass is 288 g/mol. The van der Waals surface area contributed by atoms with Crippen molar-refractivity contribution in [2.75, 3.05) is 18.0 Å². The summed E-state index contributed by atoms with van der Waals surface area (Å²) in [5, 5.41) is 0. The molecule has 3 unspecified atom stereocenters. The van der Waals surface area contributed by atoms with Gasteiger partial charge in [-0.3, -0.25) is 0 Å². The lowest BCUT2D eigenvalue weighted by Gasteiger charge is -2.53. The van der Waals surface area contributed by atoms with Crippen LogP contribution in [0.15, 0.2) is 24.3 Å². The minimum atomic E-state index is 0.0435. The van der Waals surface area contributed by atoms with Gasteiger partial charge in [0.25, 0.3) is 0 Å². The SMILES string of the molecule is CC1Cc2ccccc2N(C2(CN)CC(C)OC(C)C2)C1. The van der Waals surface area contributed by atoms with Gasteiger partial charge in [-0.25, -0.2) is 0 Å². The van der Waals surface area contributed by atoms with E-state index in [2.05, 4.69) is 49.9 Å². The van der Waals surface area contributed by atoms with Crippen LogP contribution in [0.3, 0.4) is 0 Å². The van der Waals surface area contributed by atoms with E-state index in [1.807, 2.05) is 0 Å². The number of anilines is 1. The molecule has 3 heteroatoms. The van der Waals surface area contributed by atoms with Crippen molar-refractivity contribution in [3.63, 3.8) is 0 Å². The van der Waals surface area contributed by atoms with E-state index in [1.54, 1.807) is 0 Å². The van der Waals surface area contributed by atoms with Crippen molar-refractivity contribution in [2.24, 2.45) is 11.7 Å². The van der Waals surface area contributed by atoms with Gasteiger partial charge in [-0.05, 0) is 50.7 Å². The van der Waals surface area contributed by atoms with Crippen molar-refractivity contribution in [3.8, 4) is 0 Å². The highest BCUT2D eigenvalue weighted by atomic mass is 16.5. The number of para-hydroxylation sites is 1. The highest BCUT2D eigenvalue weighted by Crippen LogP contribution is 2.41. The second-order valence-corrected chi connectivity index (χ2v) is 7.14. The molecule has 3 rings (SSSR count). The average Bonchev–Trinajstić information content (AvgIpc) is 2.45. The smallest absolute Gasteiger partial charge is 0.0573 e. The average molecular weight is 288 g/mol. The standard InChI is InChI=1S/C18H28N2O/c1-13-8-16-6-4-5-7-17(16)20(11-13)18(12-19)9-14(2)21-15(3)10-18/h4-7,13-15H,8-12,19H2,1-3H3. The summed E-state index contributed by atoms with van der Waals surface area (Å²) in [5.74, 6) is 0.678. The van der Waals surface area contributed by atoms with Crippen LogP contribution in [-0.4, -0.2) is 30.8 Å². The molecule has 1 aromatic rings. The lowest BCUT2D eigenvalue weighted by Crippen LogP contribution is -2.62. The molecule has 1 aromatic carbocycles. The third-order valence-electron chi connectivity index (χ3n) is 5.10. The van der Waals surface area contributed by atoms with Gasteiger partial charge in [0.05, 0.1) is 17.7 Å². The summed E-state index contributed by atoms with van der Waals surface area (Å²) < 4.78 is 5.97. The molecule has 0 radical (unpaired) electrons. The minimum Gasteiger partial charge on any atom is -0.375 e. The first kappa shape index (κ1) is 14.9. The second-order valence-electron chi connectivity index (χ2n) is 7.14. The van der Waals surface area contributed by atoms with E-state index < -0.39 is 0 Å². The maximum Gasteiger partial charge on any atom is 0.0573 e. The van der Waals surface area contributed by atoms with Gasteiger partial charge in [-0.2, -0.15) is 0 Å². The number of hydrogen-bond donors (Lipinski definition) is 1. The molecule has 1 fully saturated rings. The predicted octanol–water partition coefficient (Wildman–Crippen LogP) is 2.97. The van der Waals surface area contributed by atoms with Gasteiger partial charge in [0.15, 0.2) is 0 Å². The quantitative estimate of drug-likeness (QED) is 0.909. The number of ether oxygens (including phenoxy) is 1. The second kappa shape index (κ2) is 5.62. The van der Waals surface area contributed by atoms with Gasteiger partial charge in [-0.15, -0.1) is 0 Å². The fourth-order valence-corrected chi connectivity index (χ4v) is 4.39. The minimum absolute atomic E-state index is 0.0435. The molecule has 0 saturated carbocycles. The molecule has 0 aromatic heterocycles. The zero-order chi connectivity index (χ0) is 15.0. The Morgan fingerprint density at radius 3 is 2.52 bits per heavy atom. The normalized spacial score (nSPS) is 36.4.